The zero-order valence-electron chi connectivity index (χ0n) is 14.6. The number of hydrogen-bond donors (Lipinski definition) is 0. The fourth-order valence-corrected chi connectivity index (χ4v) is 5.01. The lowest BCUT2D eigenvalue weighted by Crippen LogP contribution is -2.48. The third kappa shape index (κ3) is 3.97. The molecule has 0 aliphatic carbocycles. The minimum atomic E-state index is 0.130. The number of thiophene rings is 1. The molecule has 2 fully saturated rings. The first-order valence-electron chi connectivity index (χ1n) is 8.96. The van der Waals surface area contributed by atoms with Gasteiger partial charge in [0.25, 0.3) is 0 Å². The number of amides is 2. The minimum Gasteiger partial charge on any atom is -0.340 e. The number of carbonyl (C=O) groups is 2. The molecule has 0 saturated carbocycles. The molecule has 2 amide bonds. The highest BCUT2D eigenvalue weighted by Gasteiger charge is 2.26. The van der Waals surface area contributed by atoms with Crippen LogP contribution >= 0.6 is 22.7 Å². The highest BCUT2D eigenvalue weighted by atomic mass is 32.1. The number of anilines is 1. The summed E-state index contributed by atoms with van der Waals surface area (Å²) >= 11 is 3.24. The molecule has 0 spiro atoms. The van der Waals surface area contributed by atoms with Crippen LogP contribution in [0, 0.1) is 0 Å². The average molecular weight is 391 g/mol. The molecular formula is C18H22N4O2S2. The SMILES string of the molecule is O=C(Cc1csc(N2CCCC2=O)n1)N1CCN(Cc2cccs2)CC1. The molecular weight excluding hydrogens is 368 g/mol. The Morgan fingerprint density at radius 2 is 2.00 bits per heavy atom. The smallest absolute Gasteiger partial charge is 0.228 e. The van der Waals surface area contributed by atoms with E-state index in [2.05, 4.69) is 27.4 Å². The second kappa shape index (κ2) is 7.85. The van der Waals surface area contributed by atoms with E-state index in [0.29, 0.717) is 12.8 Å². The largest absolute Gasteiger partial charge is 0.340 e. The van der Waals surface area contributed by atoms with E-state index in [-0.39, 0.29) is 11.8 Å². The van der Waals surface area contributed by atoms with E-state index in [9.17, 15) is 9.59 Å². The molecule has 0 atom stereocenters. The molecule has 26 heavy (non-hydrogen) atoms. The van der Waals surface area contributed by atoms with Crippen LogP contribution in [0.25, 0.3) is 0 Å². The van der Waals surface area contributed by atoms with Crippen molar-refractivity contribution < 1.29 is 9.59 Å². The van der Waals surface area contributed by atoms with Crippen molar-refractivity contribution in [3.63, 3.8) is 0 Å². The van der Waals surface area contributed by atoms with Gasteiger partial charge in [-0.25, -0.2) is 4.98 Å². The summed E-state index contributed by atoms with van der Waals surface area (Å²) in [6.45, 7) is 5.07. The van der Waals surface area contributed by atoms with Crippen LogP contribution in [-0.4, -0.2) is 59.3 Å². The number of nitrogens with zero attached hydrogens (tertiary/aromatic N) is 4. The summed E-state index contributed by atoms with van der Waals surface area (Å²) in [7, 11) is 0. The van der Waals surface area contributed by atoms with E-state index in [1.165, 1.54) is 16.2 Å². The lowest BCUT2D eigenvalue weighted by Gasteiger charge is -2.34. The van der Waals surface area contributed by atoms with Gasteiger partial charge in [0.05, 0.1) is 12.1 Å². The molecule has 0 bridgehead atoms. The maximum atomic E-state index is 12.6. The number of hydrogen-bond acceptors (Lipinski definition) is 6. The predicted octanol–water partition coefficient (Wildman–Crippen LogP) is 2.22. The van der Waals surface area contributed by atoms with Crippen LogP contribution in [0.4, 0.5) is 5.13 Å². The summed E-state index contributed by atoms with van der Waals surface area (Å²) in [5.74, 6) is 0.268. The molecule has 0 unspecified atom stereocenters. The molecule has 0 radical (unpaired) electrons. The van der Waals surface area contributed by atoms with Gasteiger partial charge in [0.1, 0.15) is 0 Å². The summed E-state index contributed by atoms with van der Waals surface area (Å²) in [5, 5.41) is 4.75. The Hall–Kier alpha value is -1.77. The summed E-state index contributed by atoms with van der Waals surface area (Å²) in [4.78, 5) is 36.3. The fourth-order valence-electron chi connectivity index (χ4n) is 3.40. The van der Waals surface area contributed by atoms with Gasteiger partial charge in [0, 0.05) is 55.9 Å². The lowest BCUT2D eigenvalue weighted by molar-refractivity contribution is -0.132. The molecule has 2 saturated heterocycles. The first-order chi connectivity index (χ1) is 12.7. The molecule has 2 aromatic heterocycles. The highest BCUT2D eigenvalue weighted by Crippen LogP contribution is 2.25. The molecule has 0 aromatic carbocycles. The van der Waals surface area contributed by atoms with Crippen LogP contribution in [-0.2, 0) is 22.6 Å². The predicted molar refractivity (Wildman–Crippen MR) is 104 cm³/mol. The zero-order chi connectivity index (χ0) is 17.9. The average Bonchev–Trinajstić information content (AvgIpc) is 3.38. The first kappa shape index (κ1) is 17.6. The van der Waals surface area contributed by atoms with Crippen LogP contribution in [0.5, 0.6) is 0 Å². The quantitative estimate of drug-likeness (QED) is 0.786. The second-order valence-electron chi connectivity index (χ2n) is 6.68. The zero-order valence-corrected chi connectivity index (χ0v) is 16.2. The van der Waals surface area contributed by atoms with E-state index in [4.69, 9.17) is 0 Å². The van der Waals surface area contributed by atoms with Crippen LogP contribution in [0.3, 0.4) is 0 Å². The van der Waals surface area contributed by atoms with Crippen molar-refractivity contribution in [1.29, 1.82) is 0 Å². The normalized spacial score (nSPS) is 18.7. The molecule has 2 aliphatic heterocycles. The third-order valence-electron chi connectivity index (χ3n) is 4.86. The number of thiazole rings is 1. The molecule has 4 heterocycles. The molecule has 2 aromatic rings. The molecule has 6 nitrogen and oxygen atoms in total. The fraction of sp³-hybridized carbons (Fsp3) is 0.500. The van der Waals surface area contributed by atoms with Gasteiger partial charge in [0.2, 0.25) is 11.8 Å². The molecule has 4 rings (SSSR count). The summed E-state index contributed by atoms with van der Waals surface area (Å²) in [6, 6.07) is 4.24. The van der Waals surface area contributed by atoms with E-state index in [1.807, 2.05) is 10.3 Å². The van der Waals surface area contributed by atoms with E-state index in [1.54, 1.807) is 16.2 Å². The summed E-state index contributed by atoms with van der Waals surface area (Å²) in [6.07, 6.45) is 1.81. The molecule has 138 valence electrons. The molecule has 8 heteroatoms. The van der Waals surface area contributed by atoms with Crippen molar-refractivity contribution >= 4 is 39.6 Å². The van der Waals surface area contributed by atoms with E-state index >= 15 is 0 Å². The van der Waals surface area contributed by atoms with Crippen molar-refractivity contribution in [3.05, 3.63) is 33.5 Å². The van der Waals surface area contributed by atoms with Gasteiger partial charge in [-0.3, -0.25) is 19.4 Å². The number of carbonyl (C=O) groups excluding carboxylic acids is 2. The molecule has 2 aliphatic rings. The van der Waals surface area contributed by atoms with Crippen molar-refractivity contribution in [2.45, 2.75) is 25.8 Å². The Labute approximate surface area is 161 Å². The van der Waals surface area contributed by atoms with Gasteiger partial charge in [-0.1, -0.05) is 6.07 Å². The maximum Gasteiger partial charge on any atom is 0.228 e. The van der Waals surface area contributed by atoms with Gasteiger partial charge in [0.15, 0.2) is 5.13 Å². The van der Waals surface area contributed by atoms with Gasteiger partial charge < -0.3 is 4.90 Å². The number of aromatic nitrogens is 1. The number of piperazine rings is 1. The van der Waals surface area contributed by atoms with Crippen LogP contribution in [0.1, 0.15) is 23.4 Å². The Kier molecular flexibility index (Phi) is 5.33. The Balaban J connectivity index is 1.28. The van der Waals surface area contributed by atoms with E-state index < -0.39 is 0 Å². The van der Waals surface area contributed by atoms with Crippen LogP contribution in [0.15, 0.2) is 22.9 Å². The number of rotatable bonds is 5. The summed E-state index contributed by atoms with van der Waals surface area (Å²) in [5.41, 5.74) is 0.774. The highest BCUT2D eigenvalue weighted by molar-refractivity contribution is 7.14. The minimum absolute atomic E-state index is 0.130. The van der Waals surface area contributed by atoms with Crippen molar-refractivity contribution in [3.8, 4) is 0 Å². The van der Waals surface area contributed by atoms with Crippen molar-refractivity contribution in [2.75, 3.05) is 37.6 Å². The summed E-state index contributed by atoms with van der Waals surface area (Å²) < 4.78 is 0. The second-order valence-corrected chi connectivity index (χ2v) is 8.55. The van der Waals surface area contributed by atoms with Crippen molar-refractivity contribution in [2.24, 2.45) is 0 Å². The first-order valence-corrected chi connectivity index (χ1v) is 10.7. The maximum absolute atomic E-state index is 12.6. The Bertz CT molecular complexity index is 766. The monoisotopic (exact) mass is 390 g/mol. The Morgan fingerprint density at radius 1 is 1.15 bits per heavy atom. The van der Waals surface area contributed by atoms with Gasteiger partial charge in [-0.15, -0.1) is 22.7 Å². The van der Waals surface area contributed by atoms with Gasteiger partial charge in [-0.2, -0.15) is 0 Å². The Morgan fingerprint density at radius 3 is 2.69 bits per heavy atom. The van der Waals surface area contributed by atoms with Crippen LogP contribution < -0.4 is 4.90 Å². The third-order valence-corrected chi connectivity index (χ3v) is 6.63. The topological polar surface area (TPSA) is 56.8 Å². The lowest BCUT2D eigenvalue weighted by atomic mass is 10.2. The van der Waals surface area contributed by atoms with E-state index in [0.717, 1.165) is 56.5 Å². The van der Waals surface area contributed by atoms with Crippen molar-refractivity contribution in [1.82, 2.24) is 14.8 Å². The van der Waals surface area contributed by atoms with Gasteiger partial charge >= 0.3 is 0 Å². The molecule has 0 N–H and O–H groups in total. The van der Waals surface area contributed by atoms with Crippen LogP contribution in [0.2, 0.25) is 0 Å². The standard InChI is InChI=1S/C18H22N4O2S2/c23-16-4-1-5-22(16)18-19-14(13-26-18)11-17(24)21-8-6-20(7-9-21)12-15-3-2-10-25-15/h2-3,10,13H,1,4-9,11-12H2. The van der Waals surface area contributed by atoms with Gasteiger partial charge in [-0.05, 0) is 17.9 Å².